The third-order valence-electron chi connectivity index (χ3n) is 1.20. The molecular weight excluding hydrogens is 270 g/mol. The molecule has 60 valence electrons. The van der Waals surface area contributed by atoms with Gasteiger partial charge in [0.15, 0.2) is 0 Å². The molecule has 0 aromatic heterocycles. The summed E-state index contributed by atoms with van der Waals surface area (Å²) in [4.78, 5) is 0. The van der Waals surface area contributed by atoms with Gasteiger partial charge in [-0.1, -0.05) is 23.2 Å². The van der Waals surface area contributed by atoms with Gasteiger partial charge in [-0.25, -0.2) is 0 Å². The molecule has 0 atom stereocenters. The Hall–Kier alpha value is 0.570. The zero-order valence-electron chi connectivity index (χ0n) is 5.37. The summed E-state index contributed by atoms with van der Waals surface area (Å²) >= 11 is 20.4. The Labute approximate surface area is 88.6 Å². The van der Waals surface area contributed by atoms with Crippen molar-refractivity contribution in [2.75, 3.05) is 0 Å². The summed E-state index contributed by atoms with van der Waals surface area (Å²) in [5, 5.41) is 1.18. The molecule has 11 heavy (non-hydrogen) atoms. The van der Waals surface area contributed by atoms with E-state index >= 15 is 0 Å². The van der Waals surface area contributed by atoms with Gasteiger partial charge in [0.2, 0.25) is 0 Å². The summed E-state index contributed by atoms with van der Waals surface area (Å²) in [6, 6.07) is 3.56. The van der Waals surface area contributed by atoms with E-state index in [-0.39, 0.29) is 0 Å². The molecule has 0 saturated carbocycles. The summed E-state index contributed by atoms with van der Waals surface area (Å²) in [7, 11) is 0. The number of benzene rings is 1. The number of rotatable bonds is 1. The molecule has 0 spiro atoms. The second-order valence-corrected chi connectivity index (χ2v) is 3.88. The Morgan fingerprint density at radius 2 is 1.64 bits per heavy atom. The SMILES string of the molecule is ClCc1cc(Cl)c(Br)c(Cl)c1. The molecule has 0 aliphatic heterocycles. The summed E-state index contributed by atoms with van der Waals surface area (Å²) in [6.45, 7) is 0. The van der Waals surface area contributed by atoms with E-state index in [4.69, 9.17) is 34.8 Å². The lowest BCUT2D eigenvalue weighted by molar-refractivity contribution is 1.39. The average molecular weight is 274 g/mol. The van der Waals surface area contributed by atoms with Crippen molar-refractivity contribution in [3.63, 3.8) is 0 Å². The lowest BCUT2D eigenvalue weighted by Gasteiger charge is -2.01. The monoisotopic (exact) mass is 272 g/mol. The van der Waals surface area contributed by atoms with Crippen LogP contribution in [0.5, 0.6) is 0 Å². The molecule has 0 unspecified atom stereocenters. The summed E-state index contributed by atoms with van der Waals surface area (Å²) in [6.07, 6.45) is 0. The highest BCUT2D eigenvalue weighted by molar-refractivity contribution is 9.10. The van der Waals surface area contributed by atoms with Crippen LogP contribution >= 0.6 is 50.7 Å². The molecule has 0 saturated heterocycles. The lowest BCUT2D eigenvalue weighted by Crippen LogP contribution is -1.79. The highest BCUT2D eigenvalue weighted by Crippen LogP contribution is 2.31. The van der Waals surface area contributed by atoms with Crippen molar-refractivity contribution < 1.29 is 0 Å². The molecule has 0 aliphatic carbocycles. The van der Waals surface area contributed by atoms with Gasteiger partial charge >= 0.3 is 0 Å². The molecule has 1 rings (SSSR count). The molecule has 0 N–H and O–H groups in total. The minimum Gasteiger partial charge on any atom is -0.122 e. The van der Waals surface area contributed by atoms with E-state index in [0.29, 0.717) is 15.9 Å². The third kappa shape index (κ3) is 2.25. The summed E-state index contributed by atoms with van der Waals surface area (Å²) < 4.78 is 0.717. The maximum Gasteiger partial charge on any atom is 0.0566 e. The third-order valence-corrected chi connectivity index (χ3v) is 3.41. The van der Waals surface area contributed by atoms with Crippen molar-refractivity contribution in [1.29, 1.82) is 0 Å². The fourth-order valence-electron chi connectivity index (χ4n) is 0.685. The Morgan fingerprint density at radius 3 is 2.00 bits per heavy atom. The molecule has 0 bridgehead atoms. The standard InChI is InChI=1S/C7H4BrCl3/c8-7-5(10)1-4(3-9)2-6(7)11/h1-2H,3H2. The van der Waals surface area contributed by atoms with E-state index in [2.05, 4.69) is 15.9 Å². The molecule has 0 nitrogen and oxygen atoms in total. The molecule has 4 heteroatoms. The topological polar surface area (TPSA) is 0 Å². The molecule has 1 aromatic rings. The zero-order valence-corrected chi connectivity index (χ0v) is 9.23. The van der Waals surface area contributed by atoms with Crippen LogP contribution in [0.4, 0.5) is 0 Å². The predicted octanol–water partition coefficient (Wildman–Crippen LogP) is 4.49. The fraction of sp³-hybridized carbons (Fsp3) is 0.143. The Balaban J connectivity index is 3.21. The molecule has 0 heterocycles. The van der Waals surface area contributed by atoms with Gasteiger partial charge in [0.1, 0.15) is 0 Å². The van der Waals surface area contributed by atoms with Gasteiger partial charge in [0.05, 0.1) is 14.5 Å². The van der Waals surface area contributed by atoms with Gasteiger partial charge in [0.25, 0.3) is 0 Å². The van der Waals surface area contributed by atoms with Crippen molar-refractivity contribution in [2.24, 2.45) is 0 Å². The summed E-state index contributed by atoms with van der Waals surface area (Å²) in [5.41, 5.74) is 0.921. The lowest BCUT2D eigenvalue weighted by atomic mass is 10.2. The van der Waals surface area contributed by atoms with Gasteiger partial charge in [-0.2, -0.15) is 0 Å². The van der Waals surface area contributed by atoms with Crippen LogP contribution in [0.2, 0.25) is 10.0 Å². The van der Waals surface area contributed by atoms with Crippen molar-refractivity contribution in [2.45, 2.75) is 5.88 Å². The summed E-state index contributed by atoms with van der Waals surface area (Å²) in [5.74, 6) is 0.423. The van der Waals surface area contributed by atoms with E-state index in [1.54, 1.807) is 12.1 Å². The van der Waals surface area contributed by atoms with Crippen molar-refractivity contribution >= 4 is 50.7 Å². The second-order valence-electron chi connectivity index (χ2n) is 2.01. The number of hydrogen-bond donors (Lipinski definition) is 0. The molecular formula is C7H4BrCl3. The normalized spacial score (nSPS) is 10.2. The van der Waals surface area contributed by atoms with Crippen LogP contribution in [-0.4, -0.2) is 0 Å². The highest BCUT2D eigenvalue weighted by Gasteiger charge is 2.03. The Kier molecular flexibility index (Phi) is 3.51. The van der Waals surface area contributed by atoms with Crippen molar-refractivity contribution in [1.82, 2.24) is 0 Å². The van der Waals surface area contributed by atoms with Crippen LogP contribution in [0.1, 0.15) is 5.56 Å². The first kappa shape index (κ1) is 9.66. The van der Waals surface area contributed by atoms with E-state index < -0.39 is 0 Å². The molecule has 0 amide bonds. The first-order valence-electron chi connectivity index (χ1n) is 2.84. The average Bonchev–Trinajstić information content (AvgIpc) is 1.99. The quantitative estimate of drug-likeness (QED) is 0.522. The molecule has 0 fully saturated rings. The van der Waals surface area contributed by atoms with Crippen LogP contribution in [0.25, 0.3) is 0 Å². The highest BCUT2D eigenvalue weighted by atomic mass is 79.9. The van der Waals surface area contributed by atoms with Crippen LogP contribution < -0.4 is 0 Å². The maximum atomic E-state index is 5.81. The fourth-order valence-corrected chi connectivity index (χ4v) is 1.60. The Morgan fingerprint density at radius 1 is 1.18 bits per heavy atom. The zero-order chi connectivity index (χ0) is 8.43. The maximum absolute atomic E-state index is 5.81. The van der Waals surface area contributed by atoms with Gasteiger partial charge in [0, 0.05) is 5.88 Å². The largest absolute Gasteiger partial charge is 0.122 e. The van der Waals surface area contributed by atoms with E-state index in [1.807, 2.05) is 0 Å². The van der Waals surface area contributed by atoms with Crippen LogP contribution in [0.15, 0.2) is 16.6 Å². The minimum atomic E-state index is 0.423. The van der Waals surface area contributed by atoms with Crippen LogP contribution in [0.3, 0.4) is 0 Å². The minimum absolute atomic E-state index is 0.423. The van der Waals surface area contributed by atoms with E-state index in [1.165, 1.54) is 0 Å². The van der Waals surface area contributed by atoms with Crippen molar-refractivity contribution in [3.05, 3.63) is 32.2 Å². The number of hydrogen-bond acceptors (Lipinski definition) is 0. The van der Waals surface area contributed by atoms with Gasteiger partial charge in [-0.05, 0) is 33.6 Å². The molecule has 1 aromatic carbocycles. The van der Waals surface area contributed by atoms with Gasteiger partial charge < -0.3 is 0 Å². The van der Waals surface area contributed by atoms with Crippen molar-refractivity contribution in [3.8, 4) is 0 Å². The number of alkyl halides is 1. The first-order valence-corrected chi connectivity index (χ1v) is 4.93. The predicted molar refractivity (Wildman–Crippen MR) is 53.7 cm³/mol. The first-order chi connectivity index (χ1) is 5.15. The Bertz CT molecular complexity index is 249. The van der Waals surface area contributed by atoms with E-state index in [9.17, 15) is 0 Å². The number of halogens is 4. The second kappa shape index (κ2) is 3.99. The van der Waals surface area contributed by atoms with E-state index in [0.717, 1.165) is 10.0 Å². The van der Waals surface area contributed by atoms with Gasteiger partial charge in [-0.3, -0.25) is 0 Å². The smallest absolute Gasteiger partial charge is 0.0566 e. The van der Waals surface area contributed by atoms with Gasteiger partial charge in [-0.15, -0.1) is 11.6 Å². The molecule has 0 radical (unpaired) electrons. The van der Waals surface area contributed by atoms with Crippen LogP contribution in [0, 0.1) is 0 Å². The van der Waals surface area contributed by atoms with Crippen LogP contribution in [-0.2, 0) is 5.88 Å². The molecule has 0 aliphatic rings.